The van der Waals surface area contributed by atoms with Crippen molar-refractivity contribution in [3.63, 3.8) is 0 Å². The molecule has 0 spiro atoms. The lowest BCUT2D eigenvalue weighted by molar-refractivity contribution is 0.0793. The van der Waals surface area contributed by atoms with Crippen molar-refractivity contribution in [2.45, 2.75) is 25.7 Å². The molecule has 2 aliphatic heterocycles. The van der Waals surface area contributed by atoms with Crippen LogP contribution in [0.5, 0.6) is 11.5 Å². The van der Waals surface area contributed by atoms with E-state index in [9.17, 15) is 4.79 Å². The molecule has 1 N–H and O–H groups in total. The minimum absolute atomic E-state index is 0.108. The van der Waals surface area contributed by atoms with Crippen LogP contribution in [-0.2, 0) is 12.8 Å². The molecule has 2 aromatic carbocycles. The third-order valence-electron chi connectivity index (χ3n) is 5.32. The quantitative estimate of drug-likeness (QED) is 0.850. The number of ether oxygens (including phenoxy) is 2. The number of benzene rings is 2. The number of carbonyl (C=O) groups is 1. The van der Waals surface area contributed by atoms with Crippen LogP contribution < -0.4 is 14.8 Å². The number of anilines is 1. The van der Waals surface area contributed by atoms with Gasteiger partial charge in [-0.1, -0.05) is 12.1 Å². The molecule has 5 heteroatoms. The summed E-state index contributed by atoms with van der Waals surface area (Å²) in [5.74, 6) is 1.88. The van der Waals surface area contributed by atoms with Gasteiger partial charge in [0.15, 0.2) is 0 Å². The molecule has 1 saturated heterocycles. The monoisotopic (exact) mass is 366 g/mol. The molecular formula is C22H26N2O3. The average molecular weight is 366 g/mol. The second kappa shape index (κ2) is 7.91. The van der Waals surface area contributed by atoms with Crippen molar-refractivity contribution in [2.24, 2.45) is 0 Å². The number of nitrogens with zero attached hydrogens (tertiary/aromatic N) is 1. The lowest BCUT2D eigenvalue weighted by Gasteiger charge is -2.17. The SMILES string of the molecule is COc1ccc(C(=O)N2CCCC2)cc1NCCc1ccc2c(c1)CCO2. The Labute approximate surface area is 160 Å². The van der Waals surface area contributed by atoms with Gasteiger partial charge in [0.25, 0.3) is 5.91 Å². The zero-order valence-electron chi connectivity index (χ0n) is 15.8. The molecule has 2 aromatic rings. The van der Waals surface area contributed by atoms with E-state index >= 15 is 0 Å². The summed E-state index contributed by atoms with van der Waals surface area (Å²) in [4.78, 5) is 14.6. The zero-order chi connectivity index (χ0) is 18.6. The fraction of sp³-hybridized carbons (Fsp3) is 0.409. The molecule has 0 aliphatic carbocycles. The maximum absolute atomic E-state index is 12.6. The highest BCUT2D eigenvalue weighted by atomic mass is 16.5. The molecule has 27 heavy (non-hydrogen) atoms. The first-order chi connectivity index (χ1) is 13.2. The summed E-state index contributed by atoms with van der Waals surface area (Å²) in [5, 5.41) is 3.44. The maximum atomic E-state index is 12.6. The molecule has 2 heterocycles. The highest BCUT2D eigenvalue weighted by molar-refractivity contribution is 5.95. The van der Waals surface area contributed by atoms with E-state index in [1.54, 1.807) is 7.11 Å². The number of methoxy groups -OCH3 is 1. The van der Waals surface area contributed by atoms with Crippen LogP contribution in [0.15, 0.2) is 36.4 Å². The van der Waals surface area contributed by atoms with Gasteiger partial charge in [-0.15, -0.1) is 0 Å². The number of fused-ring (bicyclic) bond motifs is 1. The van der Waals surface area contributed by atoms with Crippen LogP contribution in [-0.4, -0.2) is 44.2 Å². The Morgan fingerprint density at radius 1 is 1.19 bits per heavy atom. The third kappa shape index (κ3) is 3.87. The number of hydrogen-bond acceptors (Lipinski definition) is 4. The third-order valence-corrected chi connectivity index (χ3v) is 5.32. The topological polar surface area (TPSA) is 50.8 Å². The minimum Gasteiger partial charge on any atom is -0.495 e. The fourth-order valence-electron chi connectivity index (χ4n) is 3.82. The Morgan fingerprint density at radius 3 is 2.85 bits per heavy atom. The Balaban J connectivity index is 1.42. The van der Waals surface area contributed by atoms with Gasteiger partial charge in [0.2, 0.25) is 0 Å². The standard InChI is InChI=1S/C22H26N2O3/c1-26-21-7-5-18(22(25)24-11-2-3-12-24)15-19(21)23-10-8-16-4-6-20-17(14-16)9-13-27-20/h4-7,14-15,23H,2-3,8-13H2,1H3. The van der Waals surface area contributed by atoms with E-state index in [4.69, 9.17) is 9.47 Å². The Hall–Kier alpha value is -2.69. The summed E-state index contributed by atoms with van der Waals surface area (Å²) in [6.45, 7) is 3.27. The molecule has 4 rings (SSSR count). The number of carbonyl (C=O) groups excluding carboxylic acids is 1. The first-order valence-corrected chi connectivity index (χ1v) is 9.70. The van der Waals surface area contributed by atoms with E-state index in [1.807, 2.05) is 23.1 Å². The van der Waals surface area contributed by atoms with Gasteiger partial charge in [-0.2, -0.15) is 0 Å². The van der Waals surface area contributed by atoms with Crippen LogP contribution in [0, 0.1) is 0 Å². The Bertz CT molecular complexity index is 828. The van der Waals surface area contributed by atoms with E-state index in [1.165, 1.54) is 11.1 Å². The van der Waals surface area contributed by atoms with Crippen LogP contribution in [0.1, 0.15) is 34.3 Å². The smallest absolute Gasteiger partial charge is 0.253 e. The van der Waals surface area contributed by atoms with Crippen molar-refractivity contribution < 1.29 is 14.3 Å². The number of likely N-dealkylation sites (tertiary alicyclic amines) is 1. The number of nitrogens with one attached hydrogen (secondary N) is 1. The van der Waals surface area contributed by atoms with Crippen LogP contribution in [0.3, 0.4) is 0 Å². The second-order valence-electron chi connectivity index (χ2n) is 7.13. The molecule has 0 bridgehead atoms. The Morgan fingerprint density at radius 2 is 2.04 bits per heavy atom. The molecule has 1 fully saturated rings. The molecule has 2 aliphatic rings. The predicted molar refractivity (Wildman–Crippen MR) is 106 cm³/mol. The molecule has 0 unspecified atom stereocenters. The molecule has 0 saturated carbocycles. The summed E-state index contributed by atoms with van der Waals surface area (Å²) >= 11 is 0. The van der Waals surface area contributed by atoms with Crippen LogP contribution in [0.2, 0.25) is 0 Å². The Kier molecular flexibility index (Phi) is 5.19. The summed E-state index contributed by atoms with van der Waals surface area (Å²) < 4.78 is 11.0. The van der Waals surface area contributed by atoms with E-state index < -0.39 is 0 Å². The molecule has 142 valence electrons. The van der Waals surface area contributed by atoms with Gasteiger partial charge in [0.1, 0.15) is 11.5 Å². The molecule has 0 radical (unpaired) electrons. The van der Waals surface area contributed by atoms with Gasteiger partial charge >= 0.3 is 0 Å². The van der Waals surface area contributed by atoms with Crippen LogP contribution in [0.4, 0.5) is 5.69 Å². The summed E-state index contributed by atoms with van der Waals surface area (Å²) in [6.07, 6.45) is 4.09. The first-order valence-electron chi connectivity index (χ1n) is 9.70. The van der Waals surface area contributed by atoms with Gasteiger partial charge in [0, 0.05) is 31.6 Å². The van der Waals surface area contributed by atoms with Crippen molar-refractivity contribution >= 4 is 11.6 Å². The summed E-state index contributed by atoms with van der Waals surface area (Å²) in [7, 11) is 1.66. The fourth-order valence-corrected chi connectivity index (χ4v) is 3.82. The van der Waals surface area contributed by atoms with Gasteiger partial charge < -0.3 is 19.7 Å². The lowest BCUT2D eigenvalue weighted by Crippen LogP contribution is -2.27. The molecule has 1 amide bonds. The van der Waals surface area contributed by atoms with Gasteiger partial charge in [0.05, 0.1) is 19.4 Å². The maximum Gasteiger partial charge on any atom is 0.253 e. The lowest BCUT2D eigenvalue weighted by atomic mass is 10.1. The number of rotatable bonds is 6. The van der Waals surface area contributed by atoms with Crippen molar-refractivity contribution in [3.05, 3.63) is 53.1 Å². The van der Waals surface area contributed by atoms with E-state index in [-0.39, 0.29) is 5.91 Å². The molecule has 5 nitrogen and oxygen atoms in total. The van der Waals surface area contributed by atoms with Crippen LogP contribution >= 0.6 is 0 Å². The van der Waals surface area contributed by atoms with Crippen molar-refractivity contribution in [2.75, 3.05) is 38.7 Å². The molecular weight excluding hydrogens is 340 g/mol. The predicted octanol–water partition coefficient (Wildman–Crippen LogP) is 3.52. The number of amides is 1. The molecule has 0 aromatic heterocycles. The van der Waals surface area contributed by atoms with Crippen LogP contribution in [0.25, 0.3) is 0 Å². The van der Waals surface area contributed by atoms with Gasteiger partial charge in [-0.3, -0.25) is 4.79 Å². The normalized spacial score (nSPS) is 15.4. The summed E-state index contributed by atoms with van der Waals surface area (Å²) in [6, 6.07) is 12.1. The van der Waals surface area contributed by atoms with E-state index in [2.05, 4.69) is 23.5 Å². The highest BCUT2D eigenvalue weighted by Gasteiger charge is 2.20. The number of hydrogen-bond donors (Lipinski definition) is 1. The van der Waals surface area contributed by atoms with Gasteiger partial charge in [-0.25, -0.2) is 0 Å². The largest absolute Gasteiger partial charge is 0.495 e. The zero-order valence-corrected chi connectivity index (χ0v) is 15.8. The average Bonchev–Trinajstić information content (AvgIpc) is 3.39. The van der Waals surface area contributed by atoms with E-state index in [0.29, 0.717) is 0 Å². The van der Waals surface area contributed by atoms with Crippen molar-refractivity contribution in [1.29, 1.82) is 0 Å². The first kappa shape index (κ1) is 17.7. The minimum atomic E-state index is 0.108. The molecule has 0 atom stereocenters. The van der Waals surface area contributed by atoms with Gasteiger partial charge in [-0.05, 0) is 54.7 Å². The summed E-state index contributed by atoms with van der Waals surface area (Å²) in [5.41, 5.74) is 4.17. The van der Waals surface area contributed by atoms with E-state index in [0.717, 1.165) is 74.7 Å². The highest BCUT2D eigenvalue weighted by Crippen LogP contribution is 2.28. The van der Waals surface area contributed by atoms with Crippen molar-refractivity contribution in [3.8, 4) is 11.5 Å². The van der Waals surface area contributed by atoms with Crippen molar-refractivity contribution in [1.82, 2.24) is 4.90 Å². The second-order valence-corrected chi connectivity index (χ2v) is 7.13.